The molecule has 0 saturated carbocycles. The van der Waals surface area contributed by atoms with Gasteiger partial charge in [-0.25, -0.2) is 0 Å². The van der Waals surface area contributed by atoms with Gasteiger partial charge in [0.05, 0.1) is 12.6 Å². The van der Waals surface area contributed by atoms with Crippen LogP contribution in [-0.2, 0) is 0 Å². The number of benzene rings is 5. The van der Waals surface area contributed by atoms with Gasteiger partial charge >= 0.3 is 0 Å². The number of hydrogen-bond acceptors (Lipinski definition) is 3. The molecule has 7 aromatic rings. The first kappa shape index (κ1) is 20.6. The van der Waals surface area contributed by atoms with E-state index in [2.05, 4.69) is 89.9 Å². The summed E-state index contributed by atoms with van der Waals surface area (Å²) in [4.78, 5) is 9.27. The van der Waals surface area contributed by atoms with E-state index in [0.717, 1.165) is 27.6 Å². The van der Waals surface area contributed by atoms with Crippen molar-refractivity contribution in [2.75, 3.05) is 7.11 Å². The fourth-order valence-electron chi connectivity index (χ4n) is 5.41. The van der Waals surface area contributed by atoms with Crippen LogP contribution in [-0.4, -0.2) is 17.1 Å². The standard InChI is InChI=1S/C33H22N2O/c1-36-24-13-10-22(11-14-24)32-25-6-2-4-8-27(25)33(28-9-5-3-7-26(28)32)23-18-29-30-20-34-17-16-21(30)12-15-31(29)35-19-23/h2-20H,1H3. The first-order valence-corrected chi connectivity index (χ1v) is 12.0. The molecule has 0 unspecified atom stereocenters. The molecule has 36 heavy (non-hydrogen) atoms. The molecule has 0 aliphatic heterocycles. The number of methoxy groups -OCH3 is 1. The molecule has 0 N–H and O–H groups in total. The zero-order chi connectivity index (χ0) is 24.1. The summed E-state index contributed by atoms with van der Waals surface area (Å²) >= 11 is 0. The molecule has 0 amide bonds. The molecule has 0 atom stereocenters. The smallest absolute Gasteiger partial charge is 0.118 e. The molecular formula is C33H22N2O. The van der Waals surface area contributed by atoms with E-state index in [9.17, 15) is 0 Å². The highest BCUT2D eigenvalue weighted by molar-refractivity contribution is 6.22. The van der Waals surface area contributed by atoms with E-state index in [4.69, 9.17) is 9.72 Å². The maximum absolute atomic E-state index is 5.41. The second-order valence-electron chi connectivity index (χ2n) is 9.02. The number of rotatable bonds is 3. The summed E-state index contributed by atoms with van der Waals surface area (Å²) in [5.41, 5.74) is 5.68. The Hall–Kier alpha value is -4.76. The fraction of sp³-hybridized carbons (Fsp3) is 0.0303. The summed E-state index contributed by atoms with van der Waals surface area (Å²) in [6, 6.07) is 34.2. The van der Waals surface area contributed by atoms with Gasteiger partial charge in [0.2, 0.25) is 0 Å². The Morgan fingerprint density at radius 3 is 1.83 bits per heavy atom. The van der Waals surface area contributed by atoms with Crippen molar-refractivity contribution in [3.8, 4) is 28.0 Å². The highest BCUT2D eigenvalue weighted by Crippen LogP contribution is 2.44. The lowest BCUT2D eigenvalue weighted by molar-refractivity contribution is 0.415. The second kappa shape index (κ2) is 8.17. The quantitative estimate of drug-likeness (QED) is 0.195. The van der Waals surface area contributed by atoms with Crippen LogP contribution in [0.25, 0.3) is 65.5 Å². The maximum atomic E-state index is 5.41. The summed E-state index contributed by atoms with van der Waals surface area (Å²) in [6.45, 7) is 0. The number of hydrogen-bond donors (Lipinski definition) is 0. The van der Waals surface area contributed by atoms with Crippen LogP contribution in [0.4, 0.5) is 0 Å². The summed E-state index contributed by atoms with van der Waals surface area (Å²) in [5, 5.41) is 8.26. The average molecular weight is 463 g/mol. The molecule has 0 radical (unpaired) electrons. The maximum Gasteiger partial charge on any atom is 0.118 e. The van der Waals surface area contributed by atoms with Crippen molar-refractivity contribution in [3.05, 3.63) is 116 Å². The molecule has 170 valence electrons. The molecule has 3 nitrogen and oxygen atoms in total. The van der Waals surface area contributed by atoms with Crippen molar-refractivity contribution in [2.45, 2.75) is 0 Å². The largest absolute Gasteiger partial charge is 0.497 e. The summed E-state index contributed by atoms with van der Waals surface area (Å²) in [5.74, 6) is 0.855. The van der Waals surface area contributed by atoms with E-state index >= 15 is 0 Å². The van der Waals surface area contributed by atoms with Gasteiger partial charge in [-0.3, -0.25) is 9.97 Å². The Balaban J connectivity index is 1.59. The molecule has 3 heteroatoms. The number of ether oxygens (including phenoxy) is 1. The lowest BCUT2D eigenvalue weighted by Crippen LogP contribution is -1.92. The minimum atomic E-state index is 0.855. The zero-order valence-corrected chi connectivity index (χ0v) is 19.8. The SMILES string of the molecule is COc1ccc(-c2c3ccccc3c(-c3cnc4ccc5ccncc5c4c3)c3ccccc23)cc1. The van der Waals surface area contributed by atoms with Gasteiger partial charge < -0.3 is 4.74 Å². The Kier molecular flexibility index (Phi) is 4.68. The minimum absolute atomic E-state index is 0.855. The van der Waals surface area contributed by atoms with Gasteiger partial charge in [0.15, 0.2) is 0 Å². The molecule has 0 bridgehead atoms. The highest BCUT2D eigenvalue weighted by atomic mass is 16.5. The van der Waals surface area contributed by atoms with Gasteiger partial charge in [-0.05, 0) is 74.0 Å². The van der Waals surface area contributed by atoms with Crippen LogP contribution in [0.3, 0.4) is 0 Å². The van der Waals surface area contributed by atoms with Gasteiger partial charge in [0, 0.05) is 34.9 Å². The topological polar surface area (TPSA) is 35.0 Å². The zero-order valence-electron chi connectivity index (χ0n) is 19.8. The van der Waals surface area contributed by atoms with Crippen molar-refractivity contribution in [3.63, 3.8) is 0 Å². The van der Waals surface area contributed by atoms with Crippen LogP contribution in [0, 0.1) is 0 Å². The summed E-state index contributed by atoms with van der Waals surface area (Å²) in [7, 11) is 1.70. The summed E-state index contributed by atoms with van der Waals surface area (Å²) < 4.78 is 5.41. The molecule has 7 rings (SSSR count). The van der Waals surface area contributed by atoms with E-state index in [0.29, 0.717) is 0 Å². The first-order chi connectivity index (χ1) is 17.8. The monoisotopic (exact) mass is 462 g/mol. The van der Waals surface area contributed by atoms with Crippen molar-refractivity contribution in [1.82, 2.24) is 9.97 Å². The number of aromatic nitrogens is 2. The normalized spacial score (nSPS) is 11.5. The van der Waals surface area contributed by atoms with E-state index in [-0.39, 0.29) is 0 Å². The third-order valence-corrected chi connectivity index (χ3v) is 7.08. The number of fused-ring (bicyclic) bond motifs is 5. The molecule has 5 aromatic carbocycles. The minimum Gasteiger partial charge on any atom is -0.497 e. The van der Waals surface area contributed by atoms with E-state index in [1.54, 1.807) is 7.11 Å². The Morgan fingerprint density at radius 2 is 1.19 bits per heavy atom. The van der Waals surface area contributed by atoms with Crippen molar-refractivity contribution in [2.24, 2.45) is 0 Å². The van der Waals surface area contributed by atoms with E-state index < -0.39 is 0 Å². The van der Waals surface area contributed by atoms with Crippen LogP contribution in [0.5, 0.6) is 5.75 Å². The average Bonchev–Trinajstić information content (AvgIpc) is 2.95. The fourth-order valence-corrected chi connectivity index (χ4v) is 5.41. The molecule has 0 saturated heterocycles. The van der Waals surface area contributed by atoms with Crippen LogP contribution in [0.1, 0.15) is 0 Å². The molecule has 2 aromatic heterocycles. The Morgan fingerprint density at radius 1 is 0.556 bits per heavy atom. The van der Waals surface area contributed by atoms with E-state index in [1.165, 1.54) is 43.6 Å². The predicted octanol–water partition coefficient (Wildman–Crippen LogP) is 8.43. The molecule has 0 fully saturated rings. The van der Waals surface area contributed by atoms with Crippen LogP contribution < -0.4 is 4.74 Å². The van der Waals surface area contributed by atoms with Crippen molar-refractivity contribution in [1.29, 1.82) is 0 Å². The highest BCUT2D eigenvalue weighted by Gasteiger charge is 2.17. The molecular weight excluding hydrogens is 440 g/mol. The Bertz CT molecular complexity index is 1870. The molecule has 2 heterocycles. The van der Waals surface area contributed by atoms with Gasteiger partial charge in [-0.2, -0.15) is 0 Å². The lowest BCUT2D eigenvalue weighted by Gasteiger charge is -2.18. The van der Waals surface area contributed by atoms with Crippen molar-refractivity contribution >= 4 is 43.2 Å². The van der Waals surface area contributed by atoms with Crippen LogP contribution in [0.2, 0.25) is 0 Å². The first-order valence-electron chi connectivity index (χ1n) is 12.0. The third kappa shape index (κ3) is 3.14. The van der Waals surface area contributed by atoms with E-state index in [1.807, 2.05) is 30.7 Å². The number of pyridine rings is 2. The van der Waals surface area contributed by atoms with Crippen LogP contribution >= 0.6 is 0 Å². The molecule has 0 aliphatic rings. The van der Waals surface area contributed by atoms with Crippen LogP contribution in [0.15, 0.2) is 116 Å². The second-order valence-corrected chi connectivity index (χ2v) is 9.02. The third-order valence-electron chi connectivity index (χ3n) is 7.08. The predicted molar refractivity (Wildman–Crippen MR) is 149 cm³/mol. The molecule has 0 aliphatic carbocycles. The van der Waals surface area contributed by atoms with Gasteiger partial charge in [-0.15, -0.1) is 0 Å². The van der Waals surface area contributed by atoms with Gasteiger partial charge in [0.1, 0.15) is 5.75 Å². The van der Waals surface area contributed by atoms with Gasteiger partial charge in [-0.1, -0.05) is 66.7 Å². The number of nitrogens with zero attached hydrogens (tertiary/aromatic N) is 2. The van der Waals surface area contributed by atoms with Crippen molar-refractivity contribution < 1.29 is 4.74 Å². The lowest BCUT2D eigenvalue weighted by atomic mass is 9.86. The molecule has 0 spiro atoms. The summed E-state index contributed by atoms with van der Waals surface area (Å²) in [6.07, 6.45) is 5.78. The van der Waals surface area contributed by atoms with Gasteiger partial charge in [0.25, 0.3) is 0 Å². The Labute approximate surface area is 208 Å².